The number of carbonyl (C=O) groups is 2. The first kappa shape index (κ1) is 31.9. The summed E-state index contributed by atoms with van der Waals surface area (Å²) in [6.45, 7) is 4.49. The van der Waals surface area contributed by atoms with Gasteiger partial charge in [0.25, 0.3) is 6.43 Å². The Morgan fingerprint density at radius 2 is 1.85 bits per heavy atom. The van der Waals surface area contributed by atoms with Gasteiger partial charge in [-0.1, -0.05) is 25.5 Å². The zero-order chi connectivity index (χ0) is 32.1. The molecule has 1 aromatic carbocycles. The fourth-order valence-corrected chi connectivity index (χ4v) is 6.21. The molecule has 0 radical (unpaired) electrons. The molecule has 3 aromatic rings. The first-order chi connectivity index (χ1) is 22.3. The van der Waals surface area contributed by atoms with E-state index in [0.717, 1.165) is 19.3 Å². The molecule has 0 spiro atoms. The van der Waals surface area contributed by atoms with Gasteiger partial charge in [0, 0.05) is 25.2 Å². The Bertz CT molecular complexity index is 1520. The second kappa shape index (κ2) is 14.1. The maximum atomic E-state index is 14.2. The predicted molar refractivity (Wildman–Crippen MR) is 165 cm³/mol. The molecule has 248 valence electrons. The van der Waals surface area contributed by atoms with Crippen LogP contribution in [0.25, 0.3) is 16.9 Å². The molecular formula is C32H41F2N7O5. The van der Waals surface area contributed by atoms with E-state index in [-0.39, 0.29) is 29.8 Å². The number of hydrogen-bond acceptors (Lipinski definition) is 9. The number of morpholine rings is 1. The highest BCUT2D eigenvalue weighted by Gasteiger charge is 2.46. The quantitative estimate of drug-likeness (QED) is 0.282. The number of benzene rings is 1. The Balaban J connectivity index is 1.14. The van der Waals surface area contributed by atoms with Crippen molar-refractivity contribution in [3.05, 3.63) is 36.2 Å². The van der Waals surface area contributed by atoms with Gasteiger partial charge in [-0.25, -0.2) is 18.6 Å². The van der Waals surface area contributed by atoms with Crippen LogP contribution in [-0.4, -0.2) is 82.1 Å². The summed E-state index contributed by atoms with van der Waals surface area (Å²) in [7, 11) is 0. The lowest BCUT2D eigenvalue weighted by atomic mass is 9.75. The number of alkyl halides is 2. The van der Waals surface area contributed by atoms with Crippen molar-refractivity contribution in [3.8, 4) is 11.7 Å². The topological polar surface area (TPSA) is 133 Å². The largest absolute Gasteiger partial charge is 0.474 e. The van der Waals surface area contributed by atoms with E-state index in [1.165, 1.54) is 4.57 Å². The third kappa shape index (κ3) is 7.01. The number of unbranched alkanes of at least 4 members (excludes halogenated alkanes) is 1. The number of carbonyl (C=O) groups excluding carboxylic acids is 2. The minimum Gasteiger partial charge on any atom is -0.474 e. The molecule has 2 saturated carbocycles. The number of aromatic nitrogens is 4. The van der Waals surface area contributed by atoms with Crippen LogP contribution in [0, 0.1) is 0 Å². The van der Waals surface area contributed by atoms with Crippen molar-refractivity contribution >= 4 is 29.0 Å². The molecule has 3 aliphatic rings. The number of hydrogen-bond donors (Lipinski definition) is 2. The Morgan fingerprint density at radius 3 is 2.54 bits per heavy atom. The van der Waals surface area contributed by atoms with Gasteiger partial charge in [0.2, 0.25) is 17.7 Å². The molecule has 2 N–H and O–H groups in total. The molecule has 3 fully saturated rings. The van der Waals surface area contributed by atoms with Crippen molar-refractivity contribution in [1.82, 2.24) is 30.2 Å². The third-order valence-electron chi connectivity index (χ3n) is 8.99. The van der Waals surface area contributed by atoms with Gasteiger partial charge in [-0.15, -0.1) is 0 Å². The summed E-state index contributed by atoms with van der Waals surface area (Å²) in [5.74, 6) is 0.344. The maximum Gasteiger partial charge on any atom is 0.407 e. The Labute approximate surface area is 266 Å². The summed E-state index contributed by atoms with van der Waals surface area (Å²) in [4.78, 5) is 41.1. The van der Waals surface area contributed by atoms with E-state index in [9.17, 15) is 18.4 Å². The van der Waals surface area contributed by atoms with Crippen LogP contribution < -0.4 is 20.3 Å². The number of para-hydroxylation sites is 2. The van der Waals surface area contributed by atoms with Crippen LogP contribution in [0.3, 0.4) is 0 Å². The van der Waals surface area contributed by atoms with Crippen LogP contribution in [0.4, 0.5) is 19.5 Å². The molecule has 12 nitrogen and oxygen atoms in total. The number of imidazole rings is 1. The zero-order valence-electron chi connectivity index (χ0n) is 26.1. The number of anilines is 1. The van der Waals surface area contributed by atoms with Gasteiger partial charge in [0.05, 0.1) is 30.9 Å². The Hall–Kier alpha value is -4.07. The van der Waals surface area contributed by atoms with Crippen molar-refractivity contribution < 1.29 is 32.6 Å². The number of ether oxygens (including phenoxy) is 3. The molecule has 2 aromatic heterocycles. The fraction of sp³-hybridized carbons (Fsp3) is 0.594. The molecule has 0 atom stereocenters. The van der Waals surface area contributed by atoms with Gasteiger partial charge in [-0.05, 0) is 63.5 Å². The molecule has 6 rings (SSSR count). The molecule has 2 amide bonds. The highest BCUT2D eigenvalue weighted by molar-refractivity contribution is 5.91. The molecular weight excluding hydrogens is 600 g/mol. The maximum absolute atomic E-state index is 14.2. The van der Waals surface area contributed by atoms with Crippen LogP contribution in [-0.2, 0) is 14.3 Å². The van der Waals surface area contributed by atoms with Crippen LogP contribution in [0.15, 0.2) is 30.3 Å². The average Bonchev–Trinajstić information content (AvgIpc) is 3.44. The lowest BCUT2D eigenvalue weighted by Crippen LogP contribution is -2.64. The van der Waals surface area contributed by atoms with Gasteiger partial charge < -0.3 is 29.7 Å². The number of rotatable bonds is 11. The lowest BCUT2D eigenvalue weighted by Gasteiger charge is -2.41. The smallest absolute Gasteiger partial charge is 0.407 e. The Morgan fingerprint density at radius 1 is 1.09 bits per heavy atom. The lowest BCUT2D eigenvalue weighted by molar-refractivity contribution is -0.132. The van der Waals surface area contributed by atoms with Crippen molar-refractivity contribution in [1.29, 1.82) is 0 Å². The molecule has 3 heterocycles. The van der Waals surface area contributed by atoms with E-state index in [4.69, 9.17) is 19.2 Å². The van der Waals surface area contributed by atoms with Gasteiger partial charge in [-0.2, -0.15) is 9.97 Å². The second-order valence-electron chi connectivity index (χ2n) is 12.2. The normalized spacial score (nSPS) is 21.1. The van der Waals surface area contributed by atoms with E-state index in [0.29, 0.717) is 88.4 Å². The van der Waals surface area contributed by atoms with Gasteiger partial charge in [0.1, 0.15) is 17.5 Å². The number of amides is 2. The highest BCUT2D eigenvalue weighted by atomic mass is 19.3. The molecule has 0 unspecified atom stereocenters. The van der Waals surface area contributed by atoms with Gasteiger partial charge >= 0.3 is 6.09 Å². The van der Waals surface area contributed by atoms with Crippen molar-refractivity contribution in [2.24, 2.45) is 0 Å². The average molecular weight is 642 g/mol. The van der Waals surface area contributed by atoms with E-state index in [1.807, 2.05) is 11.8 Å². The summed E-state index contributed by atoms with van der Waals surface area (Å²) in [6, 6.07) is 8.49. The number of nitrogens with zero attached hydrogens (tertiary/aromatic N) is 5. The molecule has 1 aliphatic heterocycles. The SMILES string of the molecule is CCCCOC(=O)NC1(C(=O)N[C@H]2CC[C@H](Oc3cc(-n4c(C(F)F)nc5ccccc54)nc(N4CCOCC4)n3)CC2)CCC1. The molecule has 0 bridgehead atoms. The molecule has 46 heavy (non-hydrogen) atoms. The molecule has 2 aliphatic carbocycles. The second-order valence-corrected chi connectivity index (χ2v) is 12.2. The van der Waals surface area contributed by atoms with Crippen molar-refractivity contribution in [2.75, 3.05) is 37.8 Å². The van der Waals surface area contributed by atoms with Gasteiger partial charge in [0.15, 0.2) is 5.82 Å². The first-order valence-electron chi connectivity index (χ1n) is 16.3. The predicted octanol–water partition coefficient (Wildman–Crippen LogP) is 4.84. The summed E-state index contributed by atoms with van der Waals surface area (Å²) in [5, 5.41) is 5.96. The minimum atomic E-state index is -2.81. The van der Waals surface area contributed by atoms with Crippen LogP contribution in [0.2, 0.25) is 0 Å². The summed E-state index contributed by atoms with van der Waals surface area (Å²) >= 11 is 0. The molecule has 14 heteroatoms. The van der Waals surface area contributed by atoms with E-state index in [2.05, 4.69) is 20.6 Å². The standard InChI is InChI=1S/C32H41F2N7O5/c1-2-3-17-45-31(43)39-32(13-6-14-32)29(42)35-21-9-11-22(12-10-21)46-26-20-25(37-30(38-26)40-15-18-44-19-16-40)41-24-8-5-4-7-23(24)36-28(41)27(33)34/h4-5,7-8,20-22,27H,2-3,6,9-19H2,1H3,(H,35,42)(H,39,43)/t21-,22-. The minimum absolute atomic E-state index is 0.0569. The summed E-state index contributed by atoms with van der Waals surface area (Å²) < 4.78 is 46.9. The van der Waals surface area contributed by atoms with Crippen LogP contribution in [0.1, 0.15) is 77.0 Å². The summed E-state index contributed by atoms with van der Waals surface area (Å²) in [5.41, 5.74) is 0.0392. The van der Waals surface area contributed by atoms with E-state index < -0.39 is 23.9 Å². The highest BCUT2D eigenvalue weighted by Crippen LogP contribution is 2.34. The van der Waals surface area contributed by atoms with Crippen LogP contribution in [0.5, 0.6) is 5.88 Å². The molecule has 1 saturated heterocycles. The fourth-order valence-electron chi connectivity index (χ4n) is 6.21. The first-order valence-corrected chi connectivity index (χ1v) is 16.3. The number of fused-ring (bicyclic) bond motifs is 1. The van der Waals surface area contributed by atoms with Crippen molar-refractivity contribution in [3.63, 3.8) is 0 Å². The monoisotopic (exact) mass is 641 g/mol. The number of alkyl carbamates (subject to hydrolysis) is 1. The third-order valence-corrected chi connectivity index (χ3v) is 8.99. The van der Waals surface area contributed by atoms with E-state index >= 15 is 0 Å². The number of halogens is 2. The van der Waals surface area contributed by atoms with Crippen molar-refractivity contribution in [2.45, 2.75) is 88.8 Å². The summed E-state index contributed by atoms with van der Waals surface area (Å²) in [6.07, 6.45) is 2.86. The van der Waals surface area contributed by atoms with E-state index in [1.54, 1.807) is 30.3 Å². The Kier molecular flexibility index (Phi) is 9.81. The number of nitrogens with one attached hydrogen (secondary N) is 2. The van der Waals surface area contributed by atoms with Crippen LogP contribution >= 0.6 is 0 Å². The zero-order valence-corrected chi connectivity index (χ0v) is 26.1. The van der Waals surface area contributed by atoms with Gasteiger partial charge in [-0.3, -0.25) is 9.36 Å².